The maximum atomic E-state index is 13.3. The van der Waals surface area contributed by atoms with Crippen molar-refractivity contribution < 1.29 is 22.5 Å². The first-order valence-corrected chi connectivity index (χ1v) is 11.4. The Bertz CT molecular complexity index is 1200. The molecule has 184 valence electrons. The lowest BCUT2D eigenvalue weighted by molar-refractivity contribution is -0.954. The molecule has 0 saturated heterocycles. The number of alkyl halides is 3. The quantitative estimate of drug-likeness (QED) is 0.385. The number of hydrogen-bond acceptors (Lipinski definition) is 5. The van der Waals surface area contributed by atoms with E-state index >= 15 is 0 Å². The Labute approximate surface area is 201 Å². The molecule has 7 nitrogen and oxygen atoms in total. The highest BCUT2D eigenvalue weighted by Crippen LogP contribution is 2.31. The number of halogens is 3. The summed E-state index contributed by atoms with van der Waals surface area (Å²) < 4.78 is 47.3. The summed E-state index contributed by atoms with van der Waals surface area (Å²) in [5.74, 6) is 1.32. The van der Waals surface area contributed by atoms with Crippen molar-refractivity contribution in [3.05, 3.63) is 95.5 Å². The number of nitrogens with zero attached hydrogens (tertiary/aromatic N) is 5. The number of rotatable bonds is 9. The fourth-order valence-electron chi connectivity index (χ4n) is 4.06. The molecule has 35 heavy (non-hydrogen) atoms. The van der Waals surface area contributed by atoms with Gasteiger partial charge in [0.2, 0.25) is 5.82 Å². The second-order valence-electron chi connectivity index (χ2n) is 9.12. The van der Waals surface area contributed by atoms with E-state index in [2.05, 4.69) is 20.5 Å². The summed E-state index contributed by atoms with van der Waals surface area (Å²) in [6.45, 7) is 7.10. The molecule has 0 bridgehead atoms. The van der Waals surface area contributed by atoms with Crippen molar-refractivity contribution in [2.45, 2.75) is 58.0 Å². The maximum Gasteiger partial charge on any atom is 0.416 e. The molecule has 0 aliphatic rings. The molecule has 1 N–H and O–H groups in total. The Kier molecular flexibility index (Phi) is 7.02. The van der Waals surface area contributed by atoms with Gasteiger partial charge in [-0.1, -0.05) is 25.1 Å². The highest BCUT2D eigenvalue weighted by molar-refractivity contribution is 5.29. The van der Waals surface area contributed by atoms with E-state index < -0.39 is 23.3 Å². The number of tetrazole rings is 1. The molecule has 1 aromatic carbocycles. The smallest absolute Gasteiger partial charge is 0.416 e. The number of quaternary nitrogens is 1. The van der Waals surface area contributed by atoms with E-state index in [0.29, 0.717) is 24.5 Å². The minimum atomic E-state index is -4.42. The summed E-state index contributed by atoms with van der Waals surface area (Å²) in [5, 5.41) is 12.6. The van der Waals surface area contributed by atoms with Crippen molar-refractivity contribution in [3.63, 3.8) is 0 Å². The zero-order valence-corrected chi connectivity index (χ0v) is 19.8. The van der Waals surface area contributed by atoms with Crippen molar-refractivity contribution in [1.82, 2.24) is 25.2 Å². The zero-order valence-electron chi connectivity index (χ0n) is 19.8. The zero-order chi connectivity index (χ0) is 25.1. The van der Waals surface area contributed by atoms with Crippen LogP contribution in [0.25, 0.3) is 0 Å². The fourth-order valence-corrected chi connectivity index (χ4v) is 4.06. The van der Waals surface area contributed by atoms with Crippen molar-refractivity contribution in [3.8, 4) is 0 Å². The van der Waals surface area contributed by atoms with E-state index in [1.165, 1.54) is 12.1 Å². The van der Waals surface area contributed by atoms with Gasteiger partial charge in [-0.3, -0.25) is 4.98 Å². The summed E-state index contributed by atoms with van der Waals surface area (Å²) in [6.07, 6.45) is 1.43. The Morgan fingerprint density at radius 1 is 1.03 bits per heavy atom. The molecule has 3 aromatic heterocycles. The molecule has 4 aromatic rings. The molecule has 0 fully saturated rings. The van der Waals surface area contributed by atoms with Crippen LogP contribution in [0.1, 0.15) is 61.5 Å². The molecule has 3 heterocycles. The summed E-state index contributed by atoms with van der Waals surface area (Å²) in [4.78, 5) is 5.21. The number of nitrogens with one attached hydrogen (secondary N) is 1. The van der Waals surface area contributed by atoms with Crippen LogP contribution in [-0.4, -0.2) is 25.2 Å². The van der Waals surface area contributed by atoms with E-state index in [9.17, 15) is 13.2 Å². The van der Waals surface area contributed by atoms with Crippen LogP contribution in [0.4, 0.5) is 13.2 Å². The van der Waals surface area contributed by atoms with Crippen LogP contribution in [0.15, 0.2) is 71.6 Å². The van der Waals surface area contributed by atoms with Gasteiger partial charge in [-0.05, 0) is 61.0 Å². The molecule has 0 amide bonds. The Hall–Kier alpha value is -3.53. The van der Waals surface area contributed by atoms with Gasteiger partial charge in [0.15, 0.2) is 11.8 Å². The van der Waals surface area contributed by atoms with Gasteiger partial charge in [-0.25, -0.2) is 4.68 Å². The third-order valence-corrected chi connectivity index (χ3v) is 6.31. The average molecular weight is 486 g/mol. The lowest BCUT2D eigenvalue weighted by Crippen LogP contribution is -3.10. The van der Waals surface area contributed by atoms with Crippen molar-refractivity contribution in [1.29, 1.82) is 0 Å². The number of benzene rings is 1. The molecule has 0 spiro atoms. The van der Waals surface area contributed by atoms with Crippen LogP contribution < -0.4 is 4.90 Å². The van der Waals surface area contributed by atoms with Crippen LogP contribution in [0.2, 0.25) is 0 Å². The van der Waals surface area contributed by atoms with Gasteiger partial charge < -0.3 is 9.32 Å². The minimum absolute atomic E-state index is 0.396. The second kappa shape index (κ2) is 9.99. The first kappa shape index (κ1) is 24.6. The number of furan rings is 1. The van der Waals surface area contributed by atoms with Gasteiger partial charge in [-0.2, -0.15) is 13.2 Å². The first-order valence-electron chi connectivity index (χ1n) is 11.4. The number of aromatic nitrogens is 5. The first-order chi connectivity index (χ1) is 16.7. The van der Waals surface area contributed by atoms with Gasteiger partial charge in [0.1, 0.15) is 13.1 Å². The maximum absolute atomic E-state index is 13.3. The summed E-state index contributed by atoms with van der Waals surface area (Å²) in [6, 6.07) is 12.3. The van der Waals surface area contributed by atoms with Crippen molar-refractivity contribution >= 4 is 0 Å². The molecule has 0 saturated carbocycles. The van der Waals surface area contributed by atoms with Crippen LogP contribution in [0, 0.1) is 0 Å². The summed E-state index contributed by atoms with van der Waals surface area (Å²) in [5.41, 5.74) is 0.548. The van der Waals surface area contributed by atoms with Crippen LogP contribution in [0.5, 0.6) is 0 Å². The predicted octanol–water partition coefficient (Wildman–Crippen LogP) is 4.20. The second-order valence-corrected chi connectivity index (χ2v) is 9.12. The predicted molar refractivity (Wildman–Crippen MR) is 122 cm³/mol. The molecule has 0 aliphatic carbocycles. The number of hydrogen-bond donors (Lipinski definition) is 1. The highest BCUT2D eigenvalue weighted by Gasteiger charge is 2.37. The average Bonchev–Trinajstić information content (AvgIpc) is 3.53. The van der Waals surface area contributed by atoms with E-state index in [0.717, 1.165) is 34.8 Å². The Morgan fingerprint density at radius 3 is 2.40 bits per heavy atom. The van der Waals surface area contributed by atoms with E-state index in [1.54, 1.807) is 23.3 Å². The molecule has 0 aliphatic heterocycles. The van der Waals surface area contributed by atoms with Crippen molar-refractivity contribution in [2.75, 3.05) is 0 Å². The molecule has 1 unspecified atom stereocenters. The molecular formula is C25H28F3N6O+. The Balaban J connectivity index is 1.85. The molecular weight excluding hydrogens is 457 g/mol. The third kappa shape index (κ3) is 5.59. The monoisotopic (exact) mass is 485 g/mol. The van der Waals surface area contributed by atoms with E-state index in [4.69, 9.17) is 4.42 Å². The number of pyridine rings is 1. The van der Waals surface area contributed by atoms with Gasteiger partial charge in [-0.15, -0.1) is 5.10 Å². The van der Waals surface area contributed by atoms with Gasteiger partial charge in [0, 0.05) is 23.5 Å². The fraction of sp³-hybridized carbons (Fsp3) is 0.360. The summed E-state index contributed by atoms with van der Waals surface area (Å²) >= 11 is 0. The molecule has 4 rings (SSSR count). The molecule has 0 radical (unpaired) electrons. The van der Waals surface area contributed by atoms with E-state index in [1.807, 2.05) is 45.0 Å². The van der Waals surface area contributed by atoms with Gasteiger partial charge in [0.05, 0.1) is 17.4 Å². The van der Waals surface area contributed by atoms with E-state index in [-0.39, 0.29) is 0 Å². The molecule has 10 heteroatoms. The lowest BCUT2D eigenvalue weighted by Gasteiger charge is -2.31. The SMILES string of the molecule is CCC(C)(C)n1nnnc1[C@@H](c1ccc(C(F)(F)F)cc1)[NH+](Cc1cccnc1)Cc1ccco1. The topological polar surface area (TPSA) is 74.1 Å². The van der Waals surface area contributed by atoms with Crippen LogP contribution in [-0.2, 0) is 24.8 Å². The highest BCUT2D eigenvalue weighted by atomic mass is 19.4. The largest absolute Gasteiger partial charge is 0.463 e. The van der Waals surface area contributed by atoms with Gasteiger partial charge in [0.25, 0.3) is 0 Å². The van der Waals surface area contributed by atoms with Crippen LogP contribution >= 0.6 is 0 Å². The van der Waals surface area contributed by atoms with Crippen LogP contribution in [0.3, 0.4) is 0 Å². The lowest BCUT2D eigenvalue weighted by atomic mass is 9.98. The summed E-state index contributed by atoms with van der Waals surface area (Å²) in [7, 11) is 0. The molecule has 2 atom stereocenters. The Morgan fingerprint density at radius 2 is 1.80 bits per heavy atom. The van der Waals surface area contributed by atoms with Crippen molar-refractivity contribution in [2.24, 2.45) is 0 Å². The normalized spacial score (nSPS) is 14.1. The minimum Gasteiger partial charge on any atom is -0.463 e. The third-order valence-electron chi connectivity index (χ3n) is 6.31. The standard InChI is InChI=1S/C25H27F3N6O/c1-4-24(2,3)34-23(30-31-32-34)22(19-9-11-20(12-10-19)25(26,27)28)33(17-21-8-6-14-35-21)16-18-7-5-13-29-15-18/h5-15,22H,4,16-17H2,1-3H3/p+1/t22-/m1/s1. The van der Waals surface area contributed by atoms with Gasteiger partial charge >= 0.3 is 6.18 Å².